The van der Waals surface area contributed by atoms with E-state index in [0.29, 0.717) is 12.3 Å². The molecule has 2 aliphatic rings. The number of ether oxygens (including phenoxy) is 1. The Hall–Kier alpha value is -2.12. The van der Waals surface area contributed by atoms with Crippen LogP contribution in [0.4, 0.5) is 0 Å². The highest BCUT2D eigenvalue weighted by atomic mass is 16.5. The molecule has 0 aliphatic carbocycles. The number of carbonyl (C=O) groups excluding carboxylic acids is 1. The highest BCUT2D eigenvalue weighted by molar-refractivity contribution is 5.91. The molecule has 0 radical (unpaired) electrons. The molecule has 1 atom stereocenters. The minimum absolute atomic E-state index is 0.000199. The van der Waals surface area contributed by atoms with Crippen molar-refractivity contribution in [3.05, 3.63) is 42.4 Å². The van der Waals surface area contributed by atoms with Crippen LogP contribution < -0.4 is 5.32 Å². The van der Waals surface area contributed by atoms with Gasteiger partial charge in [-0.15, -0.1) is 0 Å². The average molecular weight is 372 g/mol. The van der Waals surface area contributed by atoms with E-state index in [-0.39, 0.29) is 17.6 Å². The fourth-order valence-corrected chi connectivity index (χ4v) is 4.19. The van der Waals surface area contributed by atoms with E-state index >= 15 is 0 Å². The number of amides is 1. The SMILES string of the molecule is Cn1ccnc1CCN1CCC2(CCC(CNC(=O)c3ccco3)O2)CC1. The summed E-state index contributed by atoms with van der Waals surface area (Å²) >= 11 is 0. The van der Waals surface area contributed by atoms with Crippen molar-refractivity contribution in [2.45, 2.75) is 43.8 Å². The third-order valence-corrected chi connectivity index (χ3v) is 5.91. The third kappa shape index (κ3) is 4.25. The molecule has 2 aliphatic heterocycles. The van der Waals surface area contributed by atoms with E-state index in [1.54, 1.807) is 12.1 Å². The molecule has 4 rings (SSSR count). The number of nitrogens with zero attached hydrogens (tertiary/aromatic N) is 3. The fraction of sp³-hybridized carbons (Fsp3) is 0.600. The quantitative estimate of drug-likeness (QED) is 0.840. The molecule has 1 amide bonds. The molecule has 4 heterocycles. The molecule has 27 heavy (non-hydrogen) atoms. The molecule has 7 nitrogen and oxygen atoms in total. The Labute approximate surface area is 159 Å². The van der Waals surface area contributed by atoms with Crippen LogP contribution in [0.15, 0.2) is 35.2 Å². The molecule has 7 heteroatoms. The van der Waals surface area contributed by atoms with Gasteiger partial charge in [0.1, 0.15) is 5.82 Å². The van der Waals surface area contributed by atoms with Crippen molar-refractivity contribution < 1.29 is 13.9 Å². The predicted octanol–water partition coefficient (Wildman–Crippen LogP) is 2.00. The summed E-state index contributed by atoms with van der Waals surface area (Å²) in [6.07, 6.45) is 10.7. The topological polar surface area (TPSA) is 72.5 Å². The van der Waals surface area contributed by atoms with Crippen LogP contribution >= 0.6 is 0 Å². The van der Waals surface area contributed by atoms with E-state index in [4.69, 9.17) is 9.15 Å². The van der Waals surface area contributed by atoms with Gasteiger partial charge in [0.25, 0.3) is 5.91 Å². The van der Waals surface area contributed by atoms with E-state index in [1.807, 2.05) is 19.4 Å². The van der Waals surface area contributed by atoms with Crippen molar-refractivity contribution in [1.82, 2.24) is 19.8 Å². The summed E-state index contributed by atoms with van der Waals surface area (Å²) in [5.41, 5.74) is -0.000199. The van der Waals surface area contributed by atoms with Crippen LogP contribution in [0.3, 0.4) is 0 Å². The van der Waals surface area contributed by atoms with Gasteiger partial charge in [-0.1, -0.05) is 0 Å². The number of imidazole rings is 1. The number of carbonyl (C=O) groups is 1. The molecule has 2 aromatic heterocycles. The van der Waals surface area contributed by atoms with Gasteiger partial charge in [0, 0.05) is 52.0 Å². The summed E-state index contributed by atoms with van der Waals surface area (Å²) in [5, 5.41) is 2.92. The second kappa shape index (κ2) is 7.86. The van der Waals surface area contributed by atoms with Gasteiger partial charge in [-0.2, -0.15) is 0 Å². The number of hydrogen-bond donors (Lipinski definition) is 1. The largest absolute Gasteiger partial charge is 0.459 e. The predicted molar refractivity (Wildman–Crippen MR) is 100 cm³/mol. The maximum absolute atomic E-state index is 12.0. The van der Waals surface area contributed by atoms with Gasteiger partial charge >= 0.3 is 0 Å². The molecule has 1 unspecified atom stereocenters. The van der Waals surface area contributed by atoms with Crippen LogP contribution in [0.1, 0.15) is 42.1 Å². The van der Waals surface area contributed by atoms with E-state index < -0.39 is 0 Å². The van der Waals surface area contributed by atoms with Crippen molar-refractivity contribution in [3.63, 3.8) is 0 Å². The first-order valence-electron chi connectivity index (χ1n) is 9.82. The summed E-state index contributed by atoms with van der Waals surface area (Å²) < 4.78 is 13.6. The number of nitrogens with one attached hydrogen (secondary N) is 1. The number of piperidine rings is 1. The lowest BCUT2D eigenvalue weighted by molar-refractivity contribution is -0.0753. The van der Waals surface area contributed by atoms with Crippen molar-refractivity contribution in [1.29, 1.82) is 0 Å². The number of rotatable bonds is 6. The minimum Gasteiger partial charge on any atom is -0.459 e. The maximum atomic E-state index is 12.0. The third-order valence-electron chi connectivity index (χ3n) is 5.91. The van der Waals surface area contributed by atoms with Crippen molar-refractivity contribution >= 4 is 5.91 Å². The standard InChI is InChI=1S/C20H28N4O3/c1-23-13-9-21-18(23)5-10-24-11-7-20(8-12-24)6-4-16(27-20)15-22-19(25)17-3-2-14-26-17/h2-3,9,13-14,16H,4-8,10-12,15H2,1H3,(H,22,25). The van der Waals surface area contributed by atoms with Crippen LogP contribution in [0.5, 0.6) is 0 Å². The first-order chi connectivity index (χ1) is 13.1. The Morgan fingerprint density at radius 2 is 2.22 bits per heavy atom. The Morgan fingerprint density at radius 1 is 1.37 bits per heavy atom. The lowest BCUT2D eigenvalue weighted by atomic mass is 9.88. The second-order valence-electron chi connectivity index (χ2n) is 7.69. The van der Waals surface area contributed by atoms with Gasteiger partial charge < -0.3 is 23.9 Å². The molecule has 2 aromatic rings. The Balaban J connectivity index is 1.20. The number of aryl methyl sites for hydroxylation is 1. The van der Waals surface area contributed by atoms with Gasteiger partial charge in [0.2, 0.25) is 0 Å². The Kier molecular flexibility index (Phi) is 5.31. The van der Waals surface area contributed by atoms with Gasteiger partial charge in [0.15, 0.2) is 5.76 Å². The number of likely N-dealkylation sites (tertiary alicyclic amines) is 1. The number of hydrogen-bond acceptors (Lipinski definition) is 5. The molecular formula is C20H28N4O3. The van der Waals surface area contributed by atoms with E-state index in [2.05, 4.69) is 19.8 Å². The Bertz CT molecular complexity index is 747. The summed E-state index contributed by atoms with van der Waals surface area (Å²) in [5.74, 6) is 1.32. The monoisotopic (exact) mass is 372 g/mol. The lowest BCUT2D eigenvalue weighted by Gasteiger charge is -2.39. The molecule has 0 bridgehead atoms. The second-order valence-corrected chi connectivity index (χ2v) is 7.69. The molecule has 1 spiro atoms. The maximum Gasteiger partial charge on any atom is 0.287 e. The van der Waals surface area contributed by atoms with Crippen LogP contribution in [-0.2, 0) is 18.2 Å². The normalized spacial score (nSPS) is 22.3. The van der Waals surface area contributed by atoms with E-state index in [9.17, 15) is 4.79 Å². The summed E-state index contributed by atoms with van der Waals surface area (Å²) in [6.45, 7) is 3.72. The highest BCUT2D eigenvalue weighted by Crippen LogP contribution is 2.38. The van der Waals surface area contributed by atoms with Crippen molar-refractivity contribution in [3.8, 4) is 0 Å². The number of aromatic nitrogens is 2. The summed E-state index contributed by atoms with van der Waals surface area (Å²) in [4.78, 5) is 18.9. The molecule has 0 aromatic carbocycles. The zero-order chi connectivity index (χ0) is 18.7. The molecule has 2 fully saturated rings. The lowest BCUT2D eigenvalue weighted by Crippen LogP contribution is -2.45. The van der Waals surface area contributed by atoms with Gasteiger partial charge in [0.05, 0.1) is 18.0 Å². The van der Waals surface area contributed by atoms with E-state index in [0.717, 1.165) is 57.6 Å². The highest BCUT2D eigenvalue weighted by Gasteiger charge is 2.42. The van der Waals surface area contributed by atoms with Crippen LogP contribution in [0.2, 0.25) is 0 Å². The van der Waals surface area contributed by atoms with Crippen LogP contribution in [0, 0.1) is 0 Å². The first-order valence-corrected chi connectivity index (χ1v) is 9.82. The summed E-state index contributed by atoms with van der Waals surface area (Å²) in [6, 6.07) is 3.39. The molecule has 0 saturated carbocycles. The van der Waals surface area contributed by atoms with E-state index in [1.165, 1.54) is 6.26 Å². The zero-order valence-corrected chi connectivity index (χ0v) is 15.9. The van der Waals surface area contributed by atoms with Crippen LogP contribution in [0.25, 0.3) is 0 Å². The van der Waals surface area contributed by atoms with Gasteiger partial charge in [-0.25, -0.2) is 4.98 Å². The van der Waals surface area contributed by atoms with Crippen molar-refractivity contribution in [2.24, 2.45) is 7.05 Å². The number of furan rings is 1. The first kappa shape index (κ1) is 18.3. The smallest absolute Gasteiger partial charge is 0.287 e. The van der Waals surface area contributed by atoms with Crippen LogP contribution in [-0.4, -0.2) is 58.2 Å². The van der Waals surface area contributed by atoms with Gasteiger partial charge in [-0.05, 0) is 37.8 Å². The molecular weight excluding hydrogens is 344 g/mol. The zero-order valence-electron chi connectivity index (χ0n) is 15.9. The fourth-order valence-electron chi connectivity index (χ4n) is 4.19. The molecule has 146 valence electrons. The van der Waals surface area contributed by atoms with Crippen molar-refractivity contribution in [2.75, 3.05) is 26.2 Å². The Morgan fingerprint density at radius 3 is 2.93 bits per heavy atom. The van der Waals surface area contributed by atoms with Gasteiger partial charge in [-0.3, -0.25) is 4.79 Å². The molecule has 2 saturated heterocycles. The minimum atomic E-state index is -0.173. The molecule has 1 N–H and O–H groups in total. The summed E-state index contributed by atoms with van der Waals surface area (Å²) in [7, 11) is 2.05. The average Bonchev–Trinajstić information content (AvgIpc) is 3.42.